The molecule has 0 radical (unpaired) electrons. The van der Waals surface area contributed by atoms with E-state index in [1.165, 1.54) is 7.05 Å². The first-order valence-corrected chi connectivity index (χ1v) is 5.10. The second-order valence-corrected chi connectivity index (χ2v) is 3.52. The molecule has 84 valence electrons. The first kappa shape index (κ1) is 11.6. The highest BCUT2D eigenvalue weighted by molar-refractivity contribution is 5.68. The molecule has 0 fully saturated rings. The van der Waals surface area contributed by atoms with Gasteiger partial charge in [0.1, 0.15) is 0 Å². The van der Waals surface area contributed by atoms with Gasteiger partial charge in [0.25, 0.3) is 0 Å². The third-order valence-corrected chi connectivity index (χ3v) is 1.84. The Labute approximate surface area is 89.9 Å². The summed E-state index contributed by atoms with van der Waals surface area (Å²) in [4.78, 5) is 11.1. The molecule has 4 heteroatoms. The van der Waals surface area contributed by atoms with E-state index >= 15 is 0 Å². The molecule has 0 aromatic carbocycles. The van der Waals surface area contributed by atoms with Crippen LogP contribution in [0.25, 0.3) is 0 Å². The highest BCUT2D eigenvalue weighted by Crippen LogP contribution is 2.22. The third-order valence-electron chi connectivity index (χ3n) is 1.84. The Balaban J connectivity index is 2.64. The normalized spacial score (nSPS) is 15.5. The molecular weight excluding hydrogens is 194 g/mol. The van der Waals surface area contributed by atoms with E-state index in [0.717, 1.165) is 12.8 Å². The average molecular weight is 211 g/mol. The lowest BCUT2D eigenvalue weighted by Gasteiger charge is -2.18. The van der Waals surface area contributed by atoms with Gasteiger partial charge in [-0.3, -0.25) is 0 Å². The number of alkyl carbamates (subject to hydrolysis) is 1. The zero-order chi connectivity index (χ0) is 11.3. The molecule has 1 N–H and O–H groups in total. The monoisotopic (exact) mass is 211 g/mol. The van der Waals surface area contributed by atoms with Gasteiger partial charge in [0, 0.05) is 7.05 Å². The fourth-order valence-electron chi connectivity index (χ4n) is 1.23. The quantitative estimate of drug-likeness (QED) is 0.779. The van der Waals surface area contributed by atoms with Crippen LogP contribution in [0.1, 0.15) is 26.7 Å². The second kappa shape index (κ2) is 5.44. The maximum atomic E-state index is 11.1. The topological polar surface area (TPSA) is 47.6 Å². The van der Waals surface area contributed by atoms with Crippen LogP contribution in [0.2, 0.25) is 0 Å². The van der Waals surface area contributed by atoms with Crippen molar-refractivity contribution in [2.24, 2.45) is 0 Å². The van der Waals surface area contributed by atoms with Crippen molar-refractivity contribution in [2.75, 3.05) is 7.05 Å². The zero-order valence-electron chi connectivity index (χ0n) is 9.37. The van der Waals surface area contributed by atoms with Crippen LogP contribution in [0, 0.1) is 0 Å². The molecule has 0 saturated carbocycles. The number of hydrogen-bond acceptors (Lipinski definition) is 3. The fourth-order valence-corrected chi connectivity index (χ4v) is 1.23. The molecule has 0 aromatic heterocycles. The predicted octanol–water partition coefficient (Wildman–Crippen LogP) is 2.33. The van der Waals surface area contributed by atoms with Crippen molar-refractivity contribution in [3.63, 3.8) is 0 Å². The predicted molar refractivity (Wildman–Crippen MR) is 57.2 cm³/mol. The van der Waals surface area contributed by atoms with Gasteiger partial charge >= 0.3 is 6.09 Å². The first-order chi connectivity index (χ1) is 7.13. The summed E-state index contributed by atoms with van der Waals surface area (Å²) in [6.45, 7) is 3.87. The van der Waals surface area contributed by atoms with Gasteiger partial charge in [0.05, 0.1) is 6.10 Å². The Morgan fingerprint density at radius 1 is 1.33 bits per heavy atom. The van der Waals surface area contributed by atoms with E-state index in [0.29, 0.717) is 11.5 Å². The van der Waals surface area contributed by atoms with Gasteiger partial charge in [-0.2, -0.15) is 0 Å². The molecule has 0 heterocycles. The molecule has 15 heavy (non-hydrogen) atoms. The van der Waals surface area contributed by atoms with E-state index in [1.807, 2.05) is 26.0 Å². The molecule has 1 aliphatic rings. The summed E-state index contributed by atoms with van der Waals surface area (Å²) in [6.07, 6.45) is 5.21. The summed E-state index contributed by atoms with van der Waals surface area (Å²) in [5.41, 5.74) is 0. The van der Waals surface area contributed by atoms with Crippen molar-refractivity contribution in [2.45, 2.75) is 32.8 Å². The van der Waals surface area contributed by atoms with Gasteiger partial charge in [-0.15, -0.1) is 0 Å². The summed E-state index contributed by atoms with van der Waals surface area (Å²) >= 11 is 0. The molecule has 4 nitrogen and oxygen atoms in total. The van der Waals surface area contributed by atoms with Crippen molar-refractivity contribution < 1.29 is 14.3 Å². The lowest BCUT2D eigenvalue weighted by atomic mass is 10.1. The smallest absolute Gasteiger partial charge is 0.412 e. The van der Waals surface area contributed by atoms with Gasteiger partial charge in [-0.25, -0.2) is 4.79 Å². The number of ether oxygens (including phenoxy) is 2. The van der Waals surface area contributed by atoms with Crippen LogP contribution < -0.4 is 5.32 Å². The van der Waals surface area contributed by atoms with Crippen LogP contribution >= 0.6 is 0 Å². The van der Waals surface area contributed by atoms with Crippen LogP contribution in [-0.2, 0) is 9.47 Å². The van der Waals surface area contributed by atoms with Crippen molar-refractivity contribution >= 4 is 6.09 Å². The summed E-state index contributed by atoms with van der Waals surface area (Å²) in [7, 11) is 1.53. The number of rotatable bonds is 3. The van der Waals surface area contributed by atoms with Crippen molar-refractivity contribution in [3.05, 3.63) is 23.7 Å². The Morgan fingerprint density at radius 3 is 2.47 bits per heavy atom. The van der Waals surface area contributed by atoms with E-state index in [9.17, 15) is 4.79 Å². The van der Waals surface area contributed by atoms with Crippen LogP contribution in [0.3, 0.4) is 0 Å². The summed E-state index contributed by atoms with van der Waals surface area (Å²) < 4.78 is 10.6. The molecule has 1 rings (SSSR count). The van der Waals surface area contributed by atoms with Gasteiger partial charge in [0.2, 0.25) is 0 Å². The van der Waals surface area contributed by atoms with E-state index < -0.39 is 6.09 Å². The second-order valence-electron chi connectivity index (χ2n) is 3.52. The summed E-state index contributed by atoms with van der Waals surface area (Å²) in [6, 6.07) is 0. The van der Waals surface area contributed by atoms with Gasteiger partial charge in [-0.05, 0) is 38.8 Å². The summed E-state index contributed by atoms with van der Waals surface area (Å²) in [5, 5.41) is 2.40. The highest BCUT2D eigenvalue weighted by atomic mass is 16.6. The SMILES string of the molecule is CNC(=O)OC1=CCCC=C1OC(C)C. The van der Waals surface area contributed by atoms with Crippen LogP contribution in [0.5, 0.6) is 0 Å². The van der Waals surface area contributed by atoms with Crippen molar-refractivity contribution in [3.8, 4) is 0 Å². The number of hydrogen-bond donors (Lipinski definition) is 1. The van der Waals surface area contributed by atoms with Gasteiger partial charge in [0.15, 0.2) is 11.5 Å². The van der Waals surface area contributed by atoms with E-state index in [4.69, 9.17) is 9.47 Å². The maximum absolute atomic E-state index is 11.1. The van der Waals surface area contributed by atoms with Gasteiger partial charge < -0.3 is 14.8 Å². The van der Waals surface area contributed by atoms with Crippen LogP contribution in [-0.4, -0.2) is 19.2 Å². The number of allylic oxidation sites excluding steroid dienone is 2. The van der Waals surface area contributed by atoms with Crippen molar-refractivity contribution in [1.82, 2.24) is 5.32 Å². The lowest BCUT2D eigenvalue weighted by Crippen LogP contribution is -2.21. The first-order valence-electron chi connectivity index (χ1n) is 5.10. The number of amides is 1. The van der Waals surface area contributed by atoms with E-state index in [-0.39, 0.29) is 6.10 Å². The average Bonchev–Trinajstić information content (AvgIpc) is 2.20. The molecule has 0 aromatic rings. The Kier molecular flexibility index (Phi) is 4.21. The Morgan fingerprint density at radius 2 is 1.93 bits per heavy atom. The third kappa shape index (κ3) is 3.65. The molecule has 0 saturated heterocycles. The minimum absolute atomic E-state index is 0.0750. The van der Waals surface area contributed by atoms with E-state index in [2.05, 4.69) is 5.32 Å². The molecule has 1 amide bonds. The molecule has 0 aliphatic heterocycles. The molecule has 0 bridgehead atoms. The summed E-state index contributed by atoms with van der Waals surface area (Å²) in [5.74, 6) is 1.16. The highest BCUT2D eigenvalue weighted by Gasteiger charge is 2.15. The molecule has 1 aliphatic carbocycles. The van der Waals surface area contributed by atoms with Crippen molar-refractivity contribution in [1.29, 1.82) is 0 Å². The fraction of sp³-hybridized carbons (Fsp3) is 0.545. The molecule has 0 atom stereocenters. The number of carbonyl (C=O) groups is 1. The minimum atomic E-state index is -0.471. The molecule has 0 unspecified atom stereocenters. The standard InChI is InChI=1S/C11H17NO3/c1-8(2)14-9-6-4-5-7-10(9)15-11(13)12-3/h6-8H,4-5H2,1-3H3,(H,12,13). The van der Waals surface area contributed by atoms with E-state index in [1.54, 1.807) is 0 Å². The largest absolute Gasteiger partial charge is 0.487 e. The minimum Gasteiger partial charge on any atom is -0.487 e. The maximum Gasteiger partial charge on any atom is 0.412 e. The van der Waals surface area contributed by atoms with Crippen LogP contribution in [0.4, 0.5) is 4.79 Å². The van der Waals surface area contributed by atoms with Crippen LogP contribution in [0.15, 0.2) is 23.7 Å². The number of carbonyl (C=O) groups excluding carboxylic acids is 1. The molecule has 0 spiro atoms. The Hall–Kier alpha value is -1.45. The lowest BCUT2D eigenvalue weighted by molar-refractivity contribution is 0.120. The zero-order valence-corrected chi connectivity index (χ0v) is 9.37. The van der Waals surface area contributed by atoms with Gasteiger partial charge in [-0.1, -0.05) is 0 Å². The number of nitrogens with one attached hydrogen (secondary N) is 1. The Bertz CT molecular complexity index is 292. The molecular formula is C11H17NO3.